The number of rotatable bonds is 3. The van der Waals surface area contributed by atoms with Crippen molar-refractivity contribution >= 4 is 11.6 Å². The van der Waals surface area contributed by atoms with Gasteiger partial charge < -0.3 is 16.2 Å². The number of hydrogen-bond donors (Lipinski definition) is 3. The molecule has 0 spiro atoms. The van der Waals surface area contributed by atoms with Crippen molar-refractivity contribution in [3.63, 3.8) is 0 Å². The van der Waals surface area contributed by atoms with Gasteiger partial charge in [0.15, 0.2) is 0 Å². The fourth-order valence-electron chi connectivity index (χ4n) is 3.51. The molecule has 2 fully saturated rings. The van der Waals surface area contributed by atoms with Crippen LogP contribution in [0.1, 0.15) is 30.9 Å². The maximum absolute atomic E-state index is 11.4. The number of piperidine rings is 2. The third-order valence-corrected chi connectivity index (χ3v) is 4.69. The highest BCUT2D eigenvalue weighted by atomic mass is 16.3. The summed E-state index contributed by atoms with van der Waals surface area (Å²) >= 11 is 0. The van der Waals surface area contributed by atoms with Crippen molar-refractivity contribution in [1.82, 2.24) is 10.2 Å². The van der Waals surface area contributed by atoms with Crippen molar-refractivity contribution in [2.24, 2.45) is 5.92 Å². The Labute approximate surface area is 125 Å². The molecule has 114 valence electrons. The average Bonchev–Trinajstić information content (AvgIpc) is 2.48. The molecule has 1 amide bonds. The Morgan fingerprint density at radius 1 is 1.38 bits per heavy atom. The van der Waals surface area contributed by atoms with Crippen molar-refractivity contribution < 1.29 is 9.90 Å². The summed E-state index contributed by atoms with van der Waals surface area (Å²) in [7, 11) is 0. The van der Waals surface area contributed by atoms with E-state index in [9.17, 15) is 9.90 Å². The lowest BCUT2D eigenvalue weighted by Crippen LogP contribution is -2.54. The molecule has 1 aromatic carbocycles. The molecule has 2 aliphatic rings. The number of nitrogens with two attached hydrogens (primary N) is 1. The Kier molecular flexibility index (Phi) is 4.12. The second-order valence-corrected chi connectivity index (χ2v) is 6.17. The number of nitrogen functional groups attached to an aromatic ring is 1. The zero-order chi connectivity index (χ0) is 14.8. The van der Waals surface area contributed by atoms with Crippen LogP contribution in [-0.4, -0.2) is 41.6 Å². The van der Waals surface area contributed by atoms with Gasteiger partial charge in [0, 0.05) is 43.3 Å². The zero-order valence-corrected chi connectivity index (χ0v) is 12.2. The number of carbonyl (C=O) groups is 1. The van der Waals surface area contributed by atoms with Gasteiger partial charge in [-0.15, -0.1) is 0 Å². The number of benzene rings is 1. The topological polar surface area (TPSA) is 78.6 Å². The van der Waals surface area contributed by atoms with Gasteiger partial charge in [-0.05, 0) is 24.8 Å². The van der Waals surface area contributed by atoms with Gasteiger partial charge in [0.1, 0.15) is 0 Å². The fraction of sp³-hybridized carbons (Fsp3) is 0.562. The van der Waals surface area contributed by atoms with Gasteiger partial charge in [-0.25, -0.2) is 0 Å². The molecule has 0 bridgehead atoms. The Morgan fingerprint density at radius 3 is 3.00 bits per heavy atom. The lowest BCUT2D eigenvalue weighted by molar-refractivity contribution is -0.125. The highest BCUT2D eigenvalue weighted by molar-refractivity contribution is 5.77. The van der Waals surface area contributed by atoms with Gasteiger partial charge in [-0.1, -0.05) is 18.2 Å². The minimum absolute atomic E-state index is 0.182. The summed E-state index contributed by atoms with van der Waals surface area (Å²) in [5.74, 6) is 0.693. The summed E-state index contributed by atoms with van der Waals surface area (Å²) < 4.78 is 0. The molecule has 21 heavy (non-hydrogen) atoms. The zero-order valence-electron chi connectivity index (χ0n) is 12.2. The minimum atomic E-state index is -0.555. The van der Waals surface area contributed by atoms with E-state index in [0.29, 0.717) is 30.6 Å². The molecule has 3 rings (SSSR count). The molecule has 5 heteroatoms. The standard InChI is InChI=1S/C16H23N3O2/c17-13-4-2-1-3-12(13)15(20)10-19-8-7-14-11(9-19)5-6-16(21)18-14/h1-4,11,14-15,20H,5-10,17H2,(H,18,21). The molecule has 4 N–H and O–H groups in total. The van der Waals surface area contributed by atoms with Gasteiger partial charge in [0.25, 0.3) is 0 Å². The van der Waals surface area contributed by atoms with Crippen LogP contribution in [0.2, 0.25) is 0 Å². The highest BCUT2D eigenvalue weighted by Crippen LogP contribution is 2.27. The quantitative estimate of drug-likeness (QED) is 0.723. The van der Waals surface area contributed by atoms with E-state index in [1.54, 1.807) is 0 Å². The summed E-state index contributed by atoms with van der Waals surface area (Å²) in [6.07, 6.45) is 1.99. The van der Waals surface area contributed by atoms with Crippen molar-refractivity contribution in [1.29, 1.82) is 0 Å². The molecule has 0 radical (unpaired) electrons. The van der Waals surface area contributed by atoms with Gasteiger partial charge in [0.05, 0.1) is 6.10 Å². The molecule has 3 atom stereocenters. The van der Waals surface area contributed by atoms with Crippen LogP contribution in [0.15, 0.2) is 24.3 Å². The van der Waals surface area contributed by atoms with E-state index < -0.39 is 6.10 Å². The van der Waals surface area contributed by atoms with Crippen LogP contribution in [-0.2, 0) is 4.79 Å². The maximum Gasteiger partial charge on any atom is 0.220 e. The summed E-state index contributed by atoms with van der Waals surface area (Å²) in [4.78, 5) is 13.7. The number of hydrogen-bond acceptors (Lipinski definition) is 4. The second kappa shape index (κ2) is 6.03. The van der Waals surface area contributed by atoms with Gasteiger partial charge in [0.2, 0.25) is 5.91 Å². The second-order valence-electron chi connectivity index (χ2n) is 6.17. The van der Waals surface area contributed by atoms with E-state index in [0.717, 1.165) is 31.5 Å². The molecule has 0 saturated carbocycles. The average molecular weight is 289 g/mol. The predicted molar refractivity (Wildman–Crippen MR) is 81.5 cm³/mol. The van der Waals surface area contributed by atoms with Gasteiger partial charge >= 0.3 is 0 Å². The van der Waals surface area contributed by atoms with Gasteiger partial charge in [-0.2, -0.15) is 0 Å². The number of aliphatic hydroxyl groups is 1. The maximum atomic E-state index is 11.4. The molecule has 1 aromatic rings. The molecule has 2 aliphatic heterocycles. The van der Waals surface area contributed by atoms with Crippen molar-refractivity contribution in [3.05, 3.63) is 29.8 Å². The summed E-state index contributed by atoms with van der Waals surface area (Å²) in [6, 6.07) is 7.80. The number of nitrogens with zero attached hydrogens (tertiary/aromatic N) is 1. The first-order chi connectivity index (χ1) is 10.1. The molecule has 2 heterocycles. The number of fused-ring (bicyclic) bond motifs is 1. The van der Waals surface area contributed by atoms with Crippen LogP contribution in [0.3, 0.4) is 0 Å². The monoisotopic (exact) mass is 289 g/mol. The summed E-state index contributed by atoms with van der Waals surface area (Å²) in [5, 5.41) is 13.5. The number of likely N-dealkylation sites (tertiary alicyclic amines) is 1. The molecular formula is C16H23N3O2. The summed E-state index contributed by atoms with van der Waals surface area (Å²) in [5.41, 5.74) is 7.37. The largest absolute Gasteiger partial charge is 0.398 e. The van der Waals surface area contributed by atoms with E-state index in [1.807, 2.05) is 24.3 Å². The number of carbonyl (C=O) groups excluding carboxylic acids is 1. The molecule has 5 nitrogen and oxygen atoms in total. The molecule has 0 aliphatic carbocycles. The fourth-order valence-corrected chi connectivity index (χ4v) is 3.51. The van der Waals surface area contributed by atoms with Crippen LogP contribution in [0.25, 0.3) is 0 Å². The predicted octanol–water partition coefficient (Wildman–Crippen LogP) is 0.903. The summed E-state index contributed by atoms with van der Waals surface area (Å²) in [6.45, 7) is 2.45. The van der Waals surface area contributed by atoms with Crippen LogP contribution in [0, 0.1) is 5.92 Å². The minimum Gasteiger partial charge on any atom is -0.398 e. The number of para-hydroxylation sites is 1. The first kappa shape index (κ1) is 14.4. The first-order valence-corrected chi connectivity index (χ1v) is 7.67. The van der Waals surface area contributed by atoms with E-state index in [2.05, 4.69) is 10.2 Å². The molecular weight excluding hydrogens is 266 g/mol. The van der Waals surface area contributed by atoms with Crippen LogP contribution < -0.4 is 11.1 Å². The van der Waals surface area contributed by atoms with E-state index in [-0.39, 0.29) is 5.91 Å². The molecule has 3 unspecified atom stereocenters. The lowest BCUT2D eigenvalue weighted by Gasteiger charge is -2.42. The first-order valence-electron chi connectivity index (χ1n) is 7.67. The van der Waals surface area contributed by atoms with E-state index in [1.165, 1.54) is 0 Å². The Balaban J connectivity index is 1.59. The van der Waals surface area contributed by atoms with Crippen molar-refractivity contribution in [3.8, 4) is 0 Å². The van der Waals surface area contributed by atoms with Crippen LogP contribution in [0.4, 0.5) is 5.69 Å². The van der Waals surface area contributed by atoms with E-state index in [4.69, 9.17) is 5.73 Å². The number of amides is 1. The smallest absolute Gasteiger partial charge is 0.220 e. The number of anilines is 1. The Bertz CT molecular complexity index is 520. The SMILES string of the molecule is Nc1ccccc1C(O)CN1CCC2NC(=O)CCC2C1. The third kappa shape index (κ3) is 3.19. The number of nitrogens with one attached hydrogen (secondary N) is 1. The molecule has 2 saturated heterocycles. The third-order valence-electron chi connectivity index (χ3n) is 4.69. The van der Waals surface area contributed by atoms with Gasteiger partial charge in [-0.3, -0.25) is 9.69 Å². The molecule has 0 aromatic heterocycles. The normalized spacial score (nSPS) is 27.8. The highest BCUT2D eigenvalue weighted by Gasteiger charge is 2.34. The Hall–Kier alpha value is -1.59. The Morgan fingerprint density at radius 2 is 2.19 bits per heavy atom. The van der Waals surface area contributed by atoms with Crippen molar-refractivity contribution in [2.75, 3.05) is 25.4 Å². The lowest BCUT2D eigenvalue weighted by atomic mass is 9.85. The van der Waals surface area contributed by atoms with E-state index >= 15 is 0 Å². The van der Waals surface area contributed by atoms with Crippen LogP contribution in [0.5, 0.6) is 0 Å². The van der Waals surface area contributed by atoms with Crippen molar-refractivity contribution in [2.45, 2.75) is 31.4 Å². The van der Waals surface area contributed by atoms with Crippen LogP contribution >= 0.6 is 0 Å². The number of aliphatic hydroxyl groups excluding tert-OH is 1. The number of β-amino-alcohol motifs (C(OH)–C–C–N with tert-alkyl or cyclic N) is 1.